The van der Waals surface area contributed by atoms with Crippen LogP contribution in [0.1, 0.15) is 22.3 Å². The summed E-state index contributed by atoms with van der Waals surface area (Å²) in [7, 11) is 5.75. The van der Waals surface area contributed by atoms with Crippen LogP contribution in [0.2, 0.25) is 0 Å². The van der Waals surface area contributed by atoms with Gasteiger partial charge in [-0.2, -0.15) is 0 Å². The van der Waals surface area contributed by atoms with Gasteiger partial charge in [-0.3, -0.25) is 9.59 Å². The summed E-state index contributed by atoms with van der Waals surface area (Å²) in [5, 5.41) is 57.9. The summed E-state index contributed by atoms with van der Waals surface area (Å²) in [6.07, 6.45) is 13.7. The molecule has 0 saturated carbocycles. The number of aliphatic hydroxyl groups excluding tert-OH is 2. The summed E-state index contributed by atoms with van der Waals surface area (Å²) in [5.41, 5.74) is 2.70. The minimum atomic E-state index is -0.410. The number of phenols is 4. The minimum absolute atomic E-state index is 0. The molecule has 0 spiro atoms. The predicted molar refractivity (Wildman–Crippen MR) is 206 cm³/mol. The molecule has 0 aromatic heterocycles. The molecular formula is C42H40O12Zn. The Bertz CT molecular complexity index is 1980. The van der Waals surface area contributed by atoms with Crippen molar-refractivity contribution in [3.8, 4) is 46.0 Å². The third-order valence-corrected chi connectivity index (χ3v) is 7.17. The van der Waals surface area contributed by atoms with E-state index in [4.69, 9.17) is 18.9 Å². The van der Waals surface area contributed by atoms with Crippen molar-refractivity contribution in [3.63, 3.8) is 0 Å². The molecule has 0 aliphatic heterocycles. The summed E-state index contributed by atoms with van der Waals surface area (Å²) >= 11 is 0. The average Bonchev–Trinajstić information content (AvgIpc) is 3.16. The zero-order valence-corrected chi connectivity index (χ0v) is 33.5. The largest absolute Gasteiger partial charge is 0.508 e. The zero-order chi connectivity index (χ0) is 39.6. The van der Waals surface area contributed by atoms with E-state index in [0.717, 1.165) is 12.2 Å². The fraction of sp³-hybridized carbons (Fsp3) is 0.0952. The van der Waals surface area contributed by atoms with Gasteiger partial charge in [0, 0.05) is 31.6 Å². The molecule has 4 aromatic rings. The van der Waals surface area contributed by atoms with Crippen molar-refractivity contribution in [2.45, 2.75) is 0 Å². The van der Waals surface area contributed by atoms with E-state index in [-0.39, 0.29) is 54.0 Å². The van der Waals surface area contributed by atoms with Gasteiger partial charge in [0.15, 0.2) is 57.6 Å². The van der Waals surface area contributed by atoms with Crippen molar-refractivity contribution in [1.82, 2.24) is 0 Å². The number of ether oxygens (including phenoxy) is 4. The molecule has 0 aliphatic carbocycles. The fourth-order valence-electron chi connectivity index (χ4n) is 4.40. The summed E-state index contributed by atoms with van der Waals surface area (Å²) in [5.74, 6) is 0.00327. The van der Waals surface area contributed by atoms with Gasteiger partial charge in [0.05, 0.1) is 28.4 Å². The first-order chi connectivity index (χ1) is 25.8. The van der Waals surface area contributed by atoms with E-state index in [0.29, 0.717) is 45.3 Å². The number of carbonyl (C=O) groups excluding carboxylic acids is 2. The van der Waals surface area contributed by atoms with Crippen molar-refractivity contribution in [2.75, 3.05) is 28.4 Å². The van der Waals surface area contributed by atoms with Crippen LogP contribution in [0.15, 0.2) is 121 Å². The number of rotatable bonds is 14. The van der Waals surface area contributed by atoms with Crippen LogP contribution in [-0.2, 0) is 29.1 Å². The maximum atomic E-state index is 11.9. The molecule has 0 unspecified atom stereocenters. The molecule has 0 fully saturated rings. The van der Waals surface area contributed by atoms with Crippen molar-refractivity contribution in [1.29, 1.82) is 0 Å². The monoisotopic (exact) mass is 800 g/mol. The van der Waals surface area contributed by atoms with Crippen LogP contribution in [0.5, 0.6) is 46.0 Å². The number of aliphatic hydroxyl groups is 2. The Morgan fingerprint density at radius 3 is 0.909 bits per heavy atom. The maximum Gasteiger partial charge on any atom is 0.182 e. The average molecular weight is 802 g/mol. The van der Waals surface area contributed by atoms with E-state index < -0.39 is 11.6 Å². The number of allylic oxidation sites excluding steroid dienone is 6. The van der Waals surface area contributed by atoms with E-state index in [2.05, 4.69) is 0 Å². The van der Waals surface area contributed by atoms with Gasteiger partial charge < -0.3 is 49.6 Å². The second kappa shape index (κ2) is 22.4. The number of carbonyl (C=O) groups is 2. The van der Waals surface area contributed by atoms with Crippen molar-refractivity contribution in [3.05, 3.63) is 143 Å². The summed E-state index contributed by atoms with van der Waals surface area (Å²) < 4.78 is 20.0. The molecule has 0 aliphatic rings. The molecule has 4 aromatic carbocycles. The van der Waals surface area contributed by atoms with Gasteiger partial charge in [-0.15, -0.1) is 0 Å². The molecule has 4 rings (SSSR count). The van der Waals surface area contributed by atoms with E-state index in [1.54, 1.807) is 72.8 Å². The molecule has 13 heteroatoms. The number of methoxy groups -OCH3 is 4. The number of ketones is 2. The number of phenolic OH excluding ortho intramolecular Hbond substituents is 4. The zero-order valence-electron chi connectivity index (χ0n) is 30.5. The van der Waals surface area contributed by atoms with Crippen LogP contribution in [0.3, 0.4) is 0 Å². The smallest absolute Gasteiger partial charge is 0.182 e. The van der Waals surface area contributed by atoms with E-state index >= 15 is 0 Å². The van der Waals surface area contributed by atoms with Gasteiger partial charge >= 0.3 is 0 Å². The molecule has 0 amide bonds. The normalized spacial score (nSPS) is 11.6. The van der Waals surface area contributed by atoms with Gasteiger partial charge in [0.2, 0.25) is 0 Å². The standard InChI is InChI=1S/2C21H20O6.Zn/c2*1-26-20-11-14(5-9-18(20)24)3-7-16(22)13-17(23)8-4-15-6-10-19(25)21(12-15)27-2;/h2*3-13,22,24-25H,1-2H3;/b2*7-3+,8-4+,16-13-;. The Morgan fingerprint density at radius 1 is 0.436 bits per heavy atom. The first-order valence-corrected chi connectivity index (χ1v) is 15.9. The van der Waals surface area contributed by atoms with Gasteiger partial charge in [-0.1, -0.05) is 48.6 Å². The molecule has 0 heterocycles. The third-order valence-electron chi connectivity index (χ3n) is 7.17. The molecule has 0 atom stereocenters. The third kappa shape index (κ3) is 14.7. The van der Waals surface area contributed by atoms with Gasteiger partial charge in [0.1, 0.15) is 11.5 Å². The molecule has 0 bridgehead atoms. The van der Waals surface area contributed by atoms with Crippen molar-refractivity contribution >= 4 is 35.9 Å². The quantitative estimate of drug-likeness (QED) is 0.0316. The van der Waals surface area contributed by atoms with Crippen LogP contribution in [0.25, 0.3) is 24.3 Å². The van der Waals surface area contributed by atoms with Crippen LogP contribution in [0.4, 0.5) is 0 Å². The first kappa shape index (κ1) is 44.4. The number of hydrogen-bond donors (Lipinski definition) is 6. The molecule has 6 N–H and O–H groups in total. The predicted octanol–water partition coefficient (Wildman–Crippen LogP) is 7.70. The fourth-order valence-corrected chi connectivity index (χ4v) is 4.40. The number of hydrogen-bond acceptors (Lipinski definition) is 12. The first-order valence-electron chi connectivity index (χ1n) is 15.9. The topological polar surface area (TPSA) is 192 Å². The van der Waals surface area contributed by atoms with Crippen LogP contribution < -0.4 is 18.9 Å². The Hall–Kier alpha value is -6.72. The Balaban J connectivity index is 0.000000373. The summed E-state index contributed by atoms with van der Waals surface area (Å²) in [6.45, 7) is 0. The van der Waals surface area contributed by atoms with Crippen LogP contribution in [0, 0.1) is 0 Å². The molecule has 55 heavy (non-hydrogen) atoms. The second-order valence-corrected chi connectivity index (χ2v) is 11.0. The molecule has 12 nitrogen and oxygen atoms in total. The van der Waals surface area contributed by atoms with Crippen LogP contribution in [-0.4, -0.2) is 70.6 Å². The van der Waals surface area contributed by atoms with E-state index in [1.807, 2.05) is 0 Å². The summed E-state index contributed by atoms with van der Waals surface area (Å²) in [6, 6.07) is 18.8. The van der Waals surface area contributed by atoms with Gasteiger partial charge in [0.25, 0.3) is 0 Å². The SMILES string of the molecule is COc1cc(/C=C/C(=O)/C=C(O)/C=C/c2ccc(O)c(OC)c2)ccc1O.COc1cc(/C=C/C(=O)/C=C(O)/C=C/c2ccc(O)c(OC)c2)ccc1O.[Zn]. The summed E-state index contributed by atoms with van der Waals surface area (Å²) in [4.78, 5) is 23.8. The number of aromatic hydroxyl groups is 4. The Morgan fingerprint density at radius 2 is 0.673 bits per heavy atom. The van der Waals surface area contributed by atoms with E-state index in [1.165, 1.54) is 77.0 Å². The minimum Gasteiger partial charge on any atom is -0.508 e. The van der Waals surface area contributed by atoms with Gasteiger partial charge in [-0.05, 0) is 95.1 Å². The Labute approximate surface area is 330 Å². The van der Waals surface area contributed by atoms with E-state index in [9.17, 15) is 40.2 Å². The molecular weight excluding hydrogens is 762 g/mol. The molecule has 0 saturated heterocycles. The van der Waals surface area contributed by atoms with Gasteiger partial charge in [-0.25, -0.2) is 0 Å². The number of benzene rings is 4. The Kier molecular flexibility index (Phi) is 18.1. The second-order valence-electron chi connectivity index (χ2n) is 11.0. The van der Waals surface area contributed by atoms with Crippen molar-refractivity contribution in [2.24, 2.45) is 0 Å². The molecule has 0 radical (unpaired) electrons. The van der Waals surface area contributed by atoms with Crippen LogP contribution >= 0.6 is 0 Å². The maximum absolute atomic E-state index is 11.9. The van der Waals surface area contributed by atoms with Crippen molar-refractivity contribution < 1.29 is 78.7 Å². The molecule has 282 valence electrons.